The van der Waals surface area contributed by atoms with Crippen molar-refractivity contribution in [3.63, 3.8) is 0 Å². The normalized spacial score (nSPS) is 12.3. The lowest BCUT2D eigenvalue weighted by atomic mass is 10.1. The highest BCUT2D eigenvalue weighted by molar-refractivity contribution is 5.94. The van der Waals surface area contributed by atoms with Crippen LogP contribution in [0.2, 0.25) is 0 Å². The highest BCUT2D eigenvalue weighted by atomic mass is 19.4. The molecule has 0 spiro atoms. The molecule has 8 heteroatoms. The lowest BCUT2D eigenvalue weighted by Crippen LogP contribution is -2.39. The SMILES string of the molecule is Cc1ccc(C(=O)N(Cc2ccccc2C)CC(O)COc2ccc(C(F)(F)F)cc2)cn1. The molecule has 0 radical (unpaired) electrons. The van der Waals surface area contributed by atoms with E-state index >= 15 is 0 Å². The van der Waals surface area contributed by atoms with Gasteiger partial charge in [0.1, 0.15) is 18.5 Å². The second-order valence-corrected chi connectivity index (χ2v) is 7.79. The van der Waals surface area contributed by atoms with Crippen molar-refractivity contribution >= 4 is 5.91 Å². The molecule has 3 aromatic rings. The Kier molecular flexibility index (Phi) is 7.71. The van der Waals surface area contributed by atoms with Crippen LogP contribution in [0.1, 0.15) is 32.7 Å². The summed E-state index contributed by atoms with van der Waals surface area (Å²) in [5, 5.41) is 10.5. The summed E-state index contributed by atoms with van der Waals surface area (Å²) in [6.45, 7) is 3.82. The molecule has 1 unspecified atom stereocenters. The van der Waals surface area contributed by atoms with E-state index in [4.69, 9.17) is 4.74 Å². The van der Waals surface area contributed by atoms with E-state index in [1.807, 2.05) is 38.1 Å². The van der Waals surface area contributed by atoms with Crippen LogP contribution in [-0.4, -0.2) is 40.2 Å². The van der Waals surface area contributed by atoms with Crippen LogP contribution in [0.4, 0.5) is 13.2 Å². The monoisotopic (exact) mass is 458 g/mol. The maximum absolute atomic E-state index is 13.1. The van der Waals surface area contributed by atoms with Crippen molar-refractivity contribution in [2.24, 2.45) is 0 Å². The van der Waals surface area contributed by atoms with Crippen LogP contribution in [-0.2, 0) is 12.7 Å². The molecular weight excluding hydrogens is 433 g/mol. The second-order valence-electron chi connectivity index (χ2n) is 7.79. The number of aromatic nitrogens is 1. The summed E-state index contributed by atoms with van der Waals surface area (Å²) in [4.78, 5) is 18.8. The molecule has 1 atom stereocenters. The van der Waals surface area contributed by atoms with Gasteiger partial charge in [0, 0.05) is 18.4 Å². The summed E-state index contributed by atoms with van der Waals surface area (Å²) < 4.78 is 43.5. The van der Waals surface area contributed by atoms with Crippen molar-refractivity contribution in [1.82, 2.24) is 9.88 Å². The van der Waals surface area contributed by atoms with Gasteiger partial charge in [0.05, 0.1) is 17.7 Å². The van der Waals surface area contributed by atoms with Crippen molar-refractivity contribution in [2.45, 2.75) is 32.7 Å². The van der Waals surface area contributed by atoms with Crippen molar-refractivity contribution in [2.75, 3.05) is 13.2 Å². The summed E-state index contributed by atoms with van der Waals surface area (Å²) >= 11 is 0. The number of amides is 1. The molecule has 1 amide bonds. The molecule has 174 valence electrons. The Labute approximate surface area is 190 Å². The minimum absolute atomic E-state index is 0.0261. The Balaban J connectivity index is 1.70. The maximum atomic E-state index is 13.1. The summed E-state index contributed by atoms with van der Waals surface area (Å²) in [6, 6.07) is 15.3. The van der Waals surface area contributed by atoms with E-state index in [0.717, 1.165) is 29.0 Å². The van der Waals surface area contributed by atoms with Crippen LogP contribution < -0.4 is 4.74 Å². The number of hydrogen-bond donors (Lipinski definition) is 1. The molecule has 0 aliphatic carbocycles. The molecule has 0 saturated heterocycles. The average Bonchev–Trinajstić information content (AvgIpc) is 2.78. The zero-order chi connectivity index (χ0) is 24.0. The lowest BCUT2D eigenvalue weighted by molar-refractivity contribution is -0.137. The van der Waals surface area contributed by atoms with Gasteiger partial charge in [-0.15, -0.1) is 0 Å². The van der Waals surface area contributed by atoms with E-state index in [1.165, 1.54) is 23.2 Å². The van der Waals surface area contributed by atoms with Crippen LogP contribution in [0.25, 0.3) is 0 Å². The number of halogens is 3. The van der Waals surface area contributed by atoms with Gasteiger partial charge >= 0.3 is 6.18 Å². The van der Waals surface area contributed by atoms with Crippen molar-refractivity contribution < 1.29 is 27.8 Å². The Morgan fingerprint density at radius 3 is 2.36 bits per heavy atom. The summed E-state index contributed by atoms with van der Waals surface area (Å²) in [5.41, 5.74) is 2.33. The van der Waals surface area contributed by atoms with Crippen LogP contribution in [0.5, 0.6) is 5.75 Å². The first-order chi connectivity index (χ1) is 15.6. The number of alkyl halides is 3. The summed E-state index contributed by atoms with van der Waals surface area (Å²) in [5.74, 6) is -0.0964. The third-order valence-electron chi connectivity index (χ3n) is 5.12. The molecule has 1 N–H and O–H groups in total. The first-order valence-electron chi connectivity index (χ1n) is 10.4. The Bertz CT molecular complexity index is 1070. The van der Waals surface area contributed by atoms with Crippen molar-refractivity contribution in [3.05, 3.63) is 94.8 Å². The second kappa shape index (κ2) is 10.5. The molecular formula is C25H25F3N2O3. The van der Waals surface area contributed by atoms with Gasteiger partial charge in [-0.25, -0.2) is 0 Å². The smallest absolute Gasteiger partial charge is 0.416 e. The number of pyridine rings is 1. The van der Waals surface area contributed by atoms with E-state index in [0.29, 0.717) is 5.56 Å². The number of nitrogens with zero attached hydrogens (tertiary/aromatic N) is 2. The standard InChI is InChI=1S/C25H25F3N2O3/c1-17-5-3-4-6-20(17)14-30(24(32)19-8-7-18(2)29-13-19)15-22(31)16-33-23-11-9-21(10-12-23)25(26,27)28/h3-13,22,31H,14-16H2,1-2H3. The number of aliphatic hydroxyl groups is 1. The van der Waals surface area contributed by atoms with Crippen molar-refractivity contribution in [1.29, 1.82) is 0 Å². The maximum Gasteiger partial charge on any atom is 0.416 e. The Morgan fingerprint density at radius 1 is 1.06 bits per heavy atom. The van der Waals surface area contributed by atoms with E-state index in [1.54, 1.807) is 12.1 Å². The Hall–Kier alpha value is -3.39. The molecule has 0 bridgehead atoms. The van der Waals surface area contributed by atoms with Gasteiger partial charge < -0.3 is 14.7 Å². The summed E-state index contributed by atoms with van der Waals surface area (Å²) in [6.07, 6.45) is -3.99. The Morgan fingerprint density at radius 2 is 1.76 bits per heavy atom. The predicted molar refractivity (Wildman–Crippen MR) is 118 cm³/mol. The number of ether oxygens (including phenoxy) is 1. The van der Waals surface area contributed by atoms with E-state index < -0.39 is 17.8 Å². The van der Waals surface area contributed by atoms with Gasteiger partial charge in [0.25, 0.3) is 5.91 Å². The minimum atomic E-state index is -4.43. The fraction of sp³-hybridized carbons (Fsp3) is 0.280. The van der Waals surface area contributed by atoms with Crippen LogP contribution in [0.3, 0.4) is 0 Å². The van der Waals surface area contributed by atoms with E-state index in [9.17, 15) is 23.1 Å². The highest BCUT2D eigenvalue weighted by Gasteiger charge is 2.30. The quantitative estimate of drug-likeness (QED) is 0.527. The van der Waals surface area contributed by atoms with Crippen LogP contribution in [0, 0.1) is 13.8 Å². The van der Waals surface area contributed by atoms with E-state index in [2.05, 4.69) is 4.98 Å². The number of carbonyl (C=O) groups is 1. The van der Waals surface area contributed by atoms with Gasteiger partial charge in [-0.2, -0.15) is 13.2 Å². The fourth-order valence-corrected chi connectivity index (χ4v) is 3.23. The average molecular weight is 458 g/mol. The highest BCUT2D eigenvalue weighted by Crippen LogP contribution is 2.30. The molecule has 1 heterocycles. The molecule has 0 fully saturated rings. The topological polar surface area (TPSA) is 62.7 Å². The molecule has 0 saturated carbocycles. The van der Waals surface area contributed by atoms with Gasteiger partial charge in [0.15, 0.2) is 0 Å². The lowest BCUT2D eigenvalue weighted by Gasteiger charge is -2.26. The first kappa shape index (κ1) is 24.3. The van der Waals surface area contributed by atoms with Gasteiger partial charge in [-0.3, -0.25) is 9.78 Å². The number of hydrogen-bond acceptors (Lipinski definition) is 4. The number of rotatable bonds is 8. The van der Waals surface area contributed by atoms with Crippen LogP contribution in [0.15, 0.2) is 66.9 Å². The third kappa shape index (κ3) is 6.79. The predicted octanol–water partition coefficient (Wildman–Crippen LogP) is 4.80. The van der Waals surface area contributed by atoms with Gasteiger partial charge in [0.2, 0.25) is 0 Å². The molecule has 1 aromatic heterocycles. The van der Waals surface area contributed by atoms with Crippen molar-refractivity contribution in [3.8, 4) is 5.75 Å². The summed E-state index contributed by atoms with van der Waals surface area (Å²) in [7, 11) is 0. The number of aryl methyl sites for hydroxylation is 2. The van der Waals surface area contributed by atoms with Gasteiger partial charge in [-0.1, -0.05) is 24.3 Å². The number of benzene rings is 2. The third-order valence-corrected chi connectivity index (χ3v) is 5.12. The van der Waals surface area contributed by atoms with E-state index in [-0.39, 0.29) is 31.4 Å². The molecule has 0 aliphatic heterocycles. The molecule has 3 rings (SSSR count). The first-order valence-corrected chi connectivity index (χ1v) is 10.4. The number of carbonyl (C=O) groups excluding carboxylic acids is 1. The minimum Gasteiger partial charge on any atom is -0.491 e. The number of aliphatic hydroxyl groups excluding tert-OH is 1. The van der Waals surface area contributed by atoms with Gasteiger partial charge in [-0.05, 0) is 61.4 Å². The zero-order valence-corrected chi connectivity index (χ0v) is 18.3. The molecule has 0 aliphatic rings. The molecule has 5 nitrogen and oxygen atoms in total. The van der Waals surface area contributed by atoms with Crippen LogP contribution >= 0.6 is 0 Å². The largest absolute Gasteiger partial charge is 0.491 e. The molecule has 2 aromatic carbocycles. The zero-order valence-electron chi connectivity index (χ0n) is 18.3. The molecule has 33 heavy (non-hydrogen) atoms. The fourth-order valence-electron chi connectivity index (χ4n) is 3.23.